The van der Waals surface area contributed by atoms with Crippen molar-refractivity contribution in [1.82, 2.24) is 20.3 Å². The van der Waals surface area contributed by atoms with Gasteiger partial charge in [0.2, 0.25) is 0 Å². The Hall–Kier alpha value is -1.33. The first-order valence-corrected chi connectivity index (χ1v) is 7.09. The molecule has 19 heavy (non-hydrogen) atoms. The summed E-state index contributed by atoms with van der Waals surface area (Å²) in [5.41, 5.74) is 1.75. The van der Waals surface area contributed by atoms with Crippen molar-refractivity contribution in [2.75, 3.05) is 6.54 Å². The molecule has 0 saturated heterocycles. The van der Waals surface area contributed by atoms with E-state index in [0.717, 1.165) is 29.0 Å². The van der Waals surface area contributed by atoms with Crippen molar-refractivity contribution in [3.8, 4) is 11.5 Å². The zero-order valence-electron chi connectivity index (χ0n) is 11.1. The molecule has 2 aromatic rings. The van der Waals surface area contributed by atoms with Gasteiger partial charge in [-0.05, 0) is 46.6 Å². The lowest BCUT2D eigenvalue weighted by molar-refractivity contribution is 0.548. The first kappa shape index (κ1) is 14.1. The second kappa shape index (κ2) is 6.73. The first-order valence-electron chi connectivity index (χ1n) is 6.30. The molecular formula is C14H17BrN4. The Morgan fingerprint density at radius 1 is 1.21 bits per heavy atom. The Morgan fingerprint density at radius 2 is 2.05 bits per heavy atom. The van der Waals surface area contributed by atoms with Crippen molar-refractivity contribution in [3.05, 3.63) is 40.8 Å². The maximum Gasteiger partial charge on any atom is 0.179 e. The number of pyridine rings is 1. The molecule has 0 radical (unpaired) electrons. The van der Waals surface area contributed by atoms with Crippen LogP contribution in [0.25, 0.3) is 11.5 Å². The van der Waals surface area contributed by atoms with Gasteiger partial charge in [-0.3, -0.25) is 4.98 Å². The topological polar surface area (TPSA) is 50.7 Å². The molecule has 0 bridgehead atoms. The number of halogens is 1. The molecular weight excluding hydrogens is 304 g/mol. The van der Waals surface area contributed by atoms with Gasteiger partial charge in [-0.1, -0.05) is 13.8 Å². The van der Waals surface area contributed by atoms with Crippen molar-refractivity contribution < 1.29 is 0 Å². The minimum absolute atomic E-state index is 0.631. The molecule has 5 heteroatoms. The van der Waals surface area contributed by atoms with Gasteiger partial charge in [0.25, 0.3) is 0 Å². The van der Waals surface area contributed by atoms with Crippen LogP contribution in [-0.4, -0.2) is 21.5 Å². The Balaban J connectivity index is 2.13. The fraction of sp³-hybridized carbons (Fsp3) is 0.357. The van der Waals surface area contributed by atoms with Crippen molar-refractivity contribution in [2.24, 2.45) is 5.92 Å². The fourth-order valence-electron chi connectivity index (χ4n) is 1.65. The average Bonchev–Trinajstić information content (AvgIpc) is 2.39. The van der Waals surface area contributed by atoms with E-state index >= 15 is 0 Å². The van der Waals surface area contributed by atoms with Crippen LogP contribution in [0.5, 0.6) is 0 Å². The molecule has 0 amide bonds. The molecule has 4 nitrogen and oxygen atoms in total. The molecule has 0 aliphatic heterocycles. The summed E-state index contributed by atoms with van der Waals surface area (Å²) in [5.74, 6) is 1.28. The van der Waals surface area contributed by atoms with Gasteiger partial charge in [0.1, 0.15) is 5.69 Å². The van der Waals surface area contributed by atoms with Crippen LogP contribution in [0.15, 0.2) is 35.1 Å². The van der Waals surface area contributed by atoms with E-state index < -0.39 is 0 Å². The number of aromatic nitrogens is 3. The summed E-state index contributed by atoms with van der Waals surface area (Å²) in [4.78, 5) is 13.1. The number of rotatable bonds is 5. The summed E-state index contributed by atoms with van der Waals surface area (Å²) in [5, 5.41) is 3.37. The lowest BCUT2D eigenvalue weighted by Gasteiger charge is -2.08. The summed E-state index contributed by atoms with van der Waals surface area (Å²) in [6.45, 7) is 6.09. The van der Waals surface area contributed by atoms with Crippen LogP contribution < -0.4 is 5.32 Å². The maximum atomic E-state index is 4.53. The summed E-state index contributed by atoms with van der Waals surface area (Å²) in [7, 11) is 0. The summed E-state index contributed by atoms with van der Waals surface area (Å²) in [6.07, 6.45) is 3.52. The number of nitrogens with one attached hydrogen (secondary N) is 1. The highest BCUT2D eigenvalue weighted by Gasteiger charge is 2.07. The molecule has 0 fully saturated rings. The Kier molecular flexibility index (Phi) is 4.99. The lowest BCUT2D eigenvalue weighted by atomic mass is 10.2. The monoisotopic (exact) mass is 320 g/mol. The molecule has 0 aliphatic carbocycles. The molecule has 0 unspecified atom stereocenters. The van der Waals surface area contributed by atoms with E-state index in [1.165, 1.54) is 0 Å². The molecule has 2 aromatic heterocycles. The number of hydrogen-bond acceptors (Lipinski definition) is 4. The minimum atomic E-state index is 0.631. The third kappa shape index (κ3) is 4.08. The van der Waals surface area contributed by atoms with Crippen molar-refractivity contribution in [2.45, 2.75) is 20.4 Å². The van der Waals surface area contributed by atoms with Crippen LogP contribution in [0.3, 0.4) is 0 Å². The van der Waals surface area contributed by atoms with E-state index in [1.807, 2.05) is 18.2 Å². The van der Waals surface area contributed by atoms with E-state index in [2.05, 4.69) is 50.0 Å². The van der Waals surface area contributed by atoms with E-state index in [9.17, 15) is 0 Å². The predicted molar refractivity (Wildman–Crippen MR) is 79.5 cm³/mol. The van der Waals surface area contributed by atoms with Crippen LogP contribution in [0, 0.1) is 5.92 Å². The molecule has 0 saturated carbocycles. The van der Waals surface area contributed by atoms with Crippen LogP contribution in [-0.2, 0) is 6.54 Å². The highest BCUT2D eigenvalue weighted by Crippen LogP contribution is 2.22. The van der Waals surface area contributed by atoms with E-state index in [-0.39, 0.29) is 0 Å². The van der Waals surface area contributed by atoms with Gasteiger partial charge in [-0.15, -0.1) is 0 Å². The Morgan fingerprint density at radius 3 is 2.79 bits per heavy atom. The van der Waals surface area contributed by atoms with Gasteiger partial charge in [-0.2, -0.15) is 0 Å². The van der Waals surface area contributed by atoms with Gasteiger partial charge in [0.15, 0.2) is 5.82 Å². The Labute approximate surface area is 121 Å². The second-order valence-corrected chi connectivity index (χ2v) is 5.58. The third-order valence-electron chi connectivity index (χ3n) is 2.54. The third-order valence-corrected chi connectivity index (χ3v) is 3.18. The summed E-state index contributed by atoms with van der Waals surface area (Å²) >= 11 is 3.47. The highest BCUT2D eigenvalue weighted by atomic mass is 79.9. The van der Waals surface area contributed by atoms with Gasteiger partial charge in [0.05, 0.1) is 5.69 Å². The lowest BCUT2D eigenvalue weighted by Crippen LogP contribution is -2.19. The van der Waals surface area contributed by atoms with Gasteiger partial charge < -0.3 is 5.32 Å². The maximum absolute atomic E-state index is 4.53. The molecule has 2 heterocycles. The Bertz CT molecular complexity index is 542. The number of nitrogens with zero attached hydrogens (tertiary/aromatic N) is 3. The molecule has 0 aromatic carbocycles. The zero-order chi connectivity index (χ0) is 13.7. The first-order chi connectivity index (χ1) is 9.16. The van der Waals surface area contributed by atoms with Crippen LogP contribution in [0.2, 0.25) is 0 Å². The summed E-state index contributed by atoms with van der Waals surface area (Å²) < 4.78 is 0.905. The largest absolute Gasteiger partial charge is 0.311 e. The molecule has 1 N–H and O–H groups in total. The second-order valence-electron chi connectivity index (χ2n) is 4.73. The normalized spacial score (nSPS) is 10.9. The molecule has 0 spiro atoms. The van der Waals surface area contributed by atoms with Gasteiger partial charge in [0, 0.05) is 23.4 Å². The van der Waals surface area contributed by atoms with E-state index in [1.54, 1.807) is 12.4 Å². The molecule has 2 rings (SSSR count). The molecule has 100 valence electrons. The van der Waals surface area contributed by atoms with Gasteiger partial charge in [-0.25, -0.2) is 9.97 Å². The average molecular weight is 321 g/mol. The fourth-order valence-corrected chi connectivity index (χ4v) is 2.08. The molecule has 0 atom stereocenters. The van der Waals surface area contributed by atoms with Crippen molar-refractivity contribution in [3.63, 3.8) is 0 Å². The van der Waals surface area contributed by atoms with Crippen LogP contribution in [0.1, 0.15) is 19.5 Å². The zero-order valence-corrected chi connectivity index (χ0v) is 12.7. The predicted octanol–water partition coefficient (Wildman–Crippen LogP) is 3.05. The van der Waals surface area contributed by atoms with Crippen LogP contribution >= 0.6 is 15.9 Å². The standard InChI is InChI=1S/C14H17BrN4/c1-10(2)8-16-9-11-5-7-18-14(19-11)13-12(15)4-3-6-17-13/h3-7,10,16H,8-9H2,1-2H3. The quantitative estimate of drug-likeness (QED) is 0.920. The van der Waals surface area contributed by atoms with E-state index in [4.69, 9.17) is 0 Å². The number of hydrogen-bond donors (Lipinski definition) is 1. The SMILES string of the molecule is CC(C)CNCc1ccnc(-c2ncccc2Br)n1. The summed E-state index contributed by atoms with van der Waals surface area (Å²) in [6, 6.07) is 5.74. The minimum Gasteiger partial charge on any atom is -0.311 e. The molecule has 0 aliphatic rings. The van der Waals surface area contributed by atoms with Crippen molar-refractivity contribution >= 4 is 15.9 Å². The van der Waals surface area contributed by atoms with Crippen molar-refractivity contribution in [1.29, 1.82) is 0 Å². The van der Waals surface area contributed by atoms with Gasteiger partial charge >= 0.3 is 0 Å². The highest BCUT2D eigenvalue weighted by molar-refractivity contribution is 9.10. The van der Waals surface area contributed by atoms with Crippen LogP contribution in [0.4, 0.5) is 0 Å². The smallest absolute Gasteiger partial charge is 0.179 e. The van der Waals surface area contributed by atoms with E-state index in [0.29, 0.717) is 11.7 Å².